The molecule has 1 saturated heterocycles. The fourth-order valence-electron chi connectivity index (χ4n) is 2.62. The van der Waals surface area contributed by atoms with E-state index in [1.165, 1.54) is 0 Å². The second-order valence-corrected chi connectivity index (χ2v) is 9.48. The first kappa shape index (κ1) is 30.5. The molecule has 1 rings (SSSR count). The van der Waals surface area contributed by atoms with Gasteiger partial charge in [-0.3, -0.25) is 28.6 Å². The molecular weight excluding hydrogens is 516 g/mol. The first-order valence-corrected chi connectivity index (χ1v) is 13.8. The van der Waals surface area contributed by atoms with Crippen LogP contribution in [0.25, 0.3) is 0 Å². The molecule has 1 heterocycles. The van der Waals surface area contributed by atoms with Gasteiger partial charge in [-0.05, 0) is 0 Å². The lowest BCUT2D eigenvalue weighted by Crippen LogP contribution is -2.47. The van der Waals surface area contributed by atoms with E-state index in [0.717, 1.165) is 0 Å². The molecule has 0 aromatic carbocycles. The number of hydrogen-bond acceptors (Lipinski definition) is 14. The van der Waals surface area contributed by atoms with Crippen LogP contribution in [0.15, 0.2) is 0 Å². The second kappa shape index (κ2) is 17.9. The van der Waals surface area contributed by atoms with Crippen molar-refractivity contribution in [1.29, 1.82) is 0 Å². The predicted octanol–water partition coefficient (Wildman–Crippen LogP) is -1.17. The Kier molecular flexibility index (Phi) is 17.0. The third kappa shape index (κ3) is 16.2. The van der Waals surface area contributed by atoms with Gasteiger partial charge >= 0.3 is 33.7 Å². The van der Waals surface area contributed by atoms with E-state index < -0.39 is 33.7 Å². The highest BCUT2D eigenvalue weighted by Crippen LogP contribution is 2.25. The molecule has 0 aromatic rings. The lowest BCUT2D eigenvalue weighted by atomic mass is 10.3. The Hall–Kier alpha value is 0.500. The Morgan fingerprint density at radius 1 is 0.562 bits per heavy atom. The lowest BCUT2D eigenvalue weighted by molar-refractivity contribution is 0.0289. The second-order valence-electron chi connectivity index (χ2n) is 6.49. The molecule has 0 radical (unpaired) electrons. The summed E-state index contributed by atoms with van der Waals surface area (Å²) in [6.07, 6.45) is 0. The summed E-state index contributed by atoms with van der Waals surface area (Å²) >= 11 is 0. The highest BCUT2D eigenvalue weighted by Gasteiger charge is 2.22. The van der Waals surface area contributed by atoms with Gasteiger partial charge in [0.1, 0.15) is 13.5 Å². The summed E-state index contributed by atoms with van der Waals surface area (Å²) in [7, 11) is -10.7. The molecule has 0 saturated carbocycles. The van der Waals surface area contributed by atoms with E-state index in [0.29, 0.717) is 52.4 Å². The van der Waals surface area contributed by atoms with Crippen LogP contribution in [0.2, 0.25) is 0 Å². The smallest absolute Gasteiger partial charge is 0.328 e. The maximum atomic E-state index is 10.9. The summed E-state index contributed by atoms with van der Waals surface area (Å²) in [6, 6.07) is 0. The van der Waals surface area contributed by atoms with Gasteiger partial charge in [0.15, 0.2) is 13.5 Å². The van der Waals surface area contributed by atoms with Crippen LogP contribution in [0.3, 0.4) is 0 Å². The Labute approximate surface area is 189 Å². The van der Waals surface area contributed by atoms with Crippen LogP contribution in [-0.2, 0) is 27.2 Å². The molecule has 0 amide bonds. The average Bonchev–Trinajstić information content (AvgIpc) is 2.70. The molecule has 1 aliphatic rings. The van der Waals surface area contributed by atoms with Gasteiger partial charge in [0.25, 0.3) is 0 Å². The largest absolute Gasteiger partial charge is 0.696 e. The molecule has 188 valence electrons. The Morgan fingerprint density at radius 3 is 1.03 bits per heavy atom. The Morgan fingerprint density at radius 2 is 0.812 bits per heavy atom. The topological polar surface area (TPSA) is 205 Å². The molecule has 2 unspecified atom stereocenters. The van der Waals surface area contributed by atoms with Gasteiger partial charge < -0.3 is 19.6 Å². The summed E-state index contributed by atoms with van der Waals surface area (Å²) in [5.41, 5.74) is 0. The molecule has 0 aliphatic carbocycles. The number of nitrogens with zero attached hydrogens (tertiary/aromatic N) is 4. The monoisotopic (exact) mass is 546 g/mol. The number of rotatable bonds is 12. The van der Waals surface area contributed by atoms with Crippen molar-refractivity contribution in [3.8, 4) is 0 Å². The minimum Gasteiger partial charge on any atom is -0.328 e. The van der Waals surface area contributed by atoms with Gasteiger partial charge in [-0.1, -0.05) is 0 Å². The van der Waals surface area contributed by atoms with Crippen molar-refractivity contribution in [3.63, 3.8) is 0 Å². The standard InChI is InChI=1S/C12H28N4O12P4/c17-29(18)25-9-13-1-2-14(10-26-30(19)20)5-6-16(12-28-32(23)24)8-7-15(4-3-13)11-27-31(21)22/h17-20H,1-12H2/p+2. The van der Waals surface area contributed by atoms with Crippen LogP contribution in [-0.4, -0.2) is 128 Å². The molecule has 32 heavy (non-hydrogen) atoms. The van der Waals surface area contributed by atoms with Crippen molar-refractivity contribution in [3.05, 3.63) is 0 Å². The molecule has 6 N–H and O–H groups in total. The van der Waals surface area contributed by atoms with E-state index in [4.69, 9.17) is 47.5 Å². The van der Waals surface area contributed by atoms with Gasteiger partial charge in [-0.15, -0.1) is 18.8 Å². The molecular formula is C12H30N4O12P4+2. The van der Waals surface area contributed by atoms with Crippen LogP contribution in [0.5, 0.6) is 0 Å². The van der Waals surface area contributed by atoms with Crippen molar-refractivity contribution in [2.45, 2.75) is 0 Å². The summed E-state index contributed by atoms with van der Waals surface area (Å²) in [5, 5.41) is 0. The van der Waals surface area contributed by atoms with Gasteiger partial charge in [0.2, 0.25) is 0 Å². The van der Waals surface area contributed by atoms with Crippen molar-refractivity contribution < 1.29 is 56.6 Å². The average molecular weight is 546 g/mol. The van der Waals surface area contributed by atoms with Crippen LogP contribution in [0.1, 0.15) is 0 Å². The minimum atomic E-state index is -2.79. The fourth-order valence-corrected chi connectivity index (χ4v) is 3.68. The van der Waals surface area contributed by atoms with Crippen molar-refractivity contribution in [2.24, 2.45) is 0 Å². The van der Waals surface area contributed by atoms with E-state index >= 15 is 0 Å². The highest BCUT2D eigenvalue weighted by atomic mass is 31.2. The first-order valence-electron chi connectivity index (χ1n) is 9.24. The molecule has 2 atom stereocenters. The van der Waals surface area contributed by atoms with E-state index in [2.05, 4.69) is 0 Å². The summed E-state index contributed by atoms with van der Waals surface area (Å²) in [5.74, 6) is 0. The van der Waals surface area contributed by atoms with E-state index in [-0.39, 0.29) is 26.9 Å². The third-order valence-electron chi connectivity index (χ3n) is 4.34. The van der Waals surface area contributed by atoms with Crippen molar-refractivity contribution in [2.75, 3.05) is 79.3 Å². The third-order valence-corrected chi connectivity index (χ3v) is 5.71. The van der Waals surface area contributed by atoms with Crippen LogP contribution in [0.4, 0.5) is 0 Å². The molecule has 0 aromatic heterocycles. The SMILES string of the molecule is O=[P+](O)OCN1CCN(COP(O)O)CCN(COP(O)O)CCN(CO[P+](=O)O)CC1. The normalized spacial score (nSPS) is 20.4. The van der Waals surface area contributed by atoms with Crippen LogP contribution in [0, 0.1) is 0 Å². The lowest BCUT2D eigenvalue weighted by Gasteiger charge is -2.32. The minimum absolute atomic E-state index is 0.0768. The summed E-state index contributed by atoms with van der Waals surface area (Å²) < 4.78 is 41.3. The van der Waals surface area contributed by atoms with E-state index in [1.807, 2.05) is 0 Å². The fraction of sp³-hybridized carbons (Fsp3) is 1.00. The quantitative estimate of drug-likeness (QED) is 0.160. The molecule has 16 nitrogen and oxygen atoms in total. The zero-order valence-corrected chi connectivity index (χ0v) is 20.8. The number of hydrogen-bond donors (Lipinski definition) is 6. The Bertz CT molecular complexity index is 508. The maximum absolute atomic E-state index is 10.9. The van der Waals surface area contributed by atoms with Crippen molar-refractivity contribution in [1.82, 2.24) is 19.6 Å². The van der Waals surface area contributed by atoms with Crippen molar-refractivity contribution >= 4 is 33.7 Å². The van der Waals surface area contributed by atoms with Crippen LogP contribution >= 0.6 is 33.7 Å². The molecule has 1 aliphatic heterocycles. The molecule has 20 heteroatoms. The van der Waals surface area contributed by atoms with E-state index in [9.17, 15) is 9.13 Å². The summed E-state index contributed by atoms with van der Waals surface area (Å²) in [4.78, 5) is 61.1. The van der Waals surface area contributed by atoms with Gasteiger partial charge in [0.05, 0.1) is 0 Å². The molecule has 0 spiro atoms. The zero-order chi connectivity index (χ0) is 23.9. The molecule has 1 fully saturated rings. The zero-order valence-electron chi connectivity index (χ0n) is 17.2. The predicted molar refractivity (Wildman–Crippen MR) is 112 cm³/mol. The highest BCUT2D eigenvalue weighted by molar-refractivity contribution is 7.39. The van der Waals surface area contributed by atoms with Gasteiger partial charge in [-0.2, -0.15) is 0 Å². The van der Waals surface area contributed by atoms with Gasteiger partial charge in [-0.25, -0.2) is 0 Å². The molecule has 0 bridgehead atoms. The Balaban J connectivity index is 2.86. The first-order chi connectivity index (χ1) is 15.2. The van der Waals surface area contributed by atoms with Gasteiger partial charge in [0, 0.05) is 61.5 Å². The van der Waals surface area contributed by atoms with E-state index in [1.54, 1.807) is 19.6 Å². The summed E-state index contributed by atoms with van der Waals surface area (Å²) in [6.45, 7) is 2.62. The van der Waals surface area contributed by atoms with Crippen LogP contribution < -0.4 is 0 Å². The maximum Gasteiger partial charge on any atom is 0.696 e.